The highest BCUT2D eigenvalue weighted by Crippen LogP contribution is 2.14. The first kappa shape index (κ1) is 11.4. The maximum atomic E-state index is 10.6. The quantitative estimate of drug-likeness (QED) is 0.747. The molecule has 80 valence electrons. The molecule has 0 saturated carbocycles. The molecular formula is C12H14O3. The van der Waals surface area contributed by atoms with Crippen LogP contribution in [0.25, 0.3) is 0 Å². The van der Waals surface area contributed by atoms with Crippen molar-refractivity contribution >= 4 is 12.3 Å². The van der Waals surface area contributed by atoms with Crippen LogP contribution in [0.15, 0.2) is 18.2 Å². The third-order valence-corrected chi connectivity index (χ3v) is 2.23. The van der Waals surface area contributed by atoms with E-state index in [1.54, 1.807) is 0 Å². The highest BCUT2D eigenvalue weighted by Gasteiger charge is 2.06. The van der Waals surface area contributed by atoms with Crippen LogP contribution in [-0.2, 0) is 22.4 Å². The Morgan fingerprint density at radius 3 is 2.73 bits per heavy atom. The van der Waals surface area contributed by atoms with Crippen LogP contribution in [0.4, 0.5) is 0 Å². The van der Waals surface area contributed by atoms with Gasteiger partial charge >= 0.3 is 5.97 Å². The summed E-state index contributed by atoms with van der Waals surface area (Å²) in [5, 5.41) is 8.74. The average molecular weight is 206 g/mol. The van der Waals surface area contributed by atoms with Gasteiger partial charge in [0.2, 0.25) is 0 Å². The maximum absolute atomic E-state index is 10.6. The zero-order chi connectivity index (χ0) is 11.3. The van der Waals surface area contributed by atoms with Gasteiger partial charge in [-0.05, 0) is 24.5 Å². The van der Waals surface area contributed by atoms with Crippen molar-refractivity contribution in [1.82, 2.24) is 0 Å². The van der Waals surface area contributed by atoms with Crippen molar-refractivity contribution in [3.63, 3.8) is 0 Å². The monoisotopic (exact) mass is 206 g/mol. The third kappa shape index (κ3) is 3.54. The predicted octanol–water partition coefficient (Wildman–Crippen LogP) is 1.75. The van der Waals surface area contributed by atoms with Crippen molar-refractivity contribution in [2.24, 2.45) is 0 Å². The van der Waals surface area contributed by atoms with E-state index in [0.717, 1.165) is 23.0 Å². The maximum Gasteiger partial charge on any atom is 0.307 e. The Kier molecular flexibility index (Phi) is 4.03. The topological polar surface area (TPSA) is 54.4 Å². The molecule has 0 saturated heterocycles. The number of hydrogen-bond acceptors (Lipinski definition) is 2. The molecular weight excluding hydrogens is 192 g/mol. The Morgan fingerprint density at radius 1 is 1.40 bits per heavy atom. The number of carbonyl (C=O) groups is 2. The second kappa shape index (κ2) is 5.29. The van der Waals surface area contributed by atoms with Gasteiger partial charge in [0, 0.05) is 6.42 Å². The number of carbonyl (C=O) groups excluding carboxylic acids is 1. The van der Waals surface area contributed by atoms with Crippen molar-refractivity contribution in [2.45, 2.75) is 26.2 Å². The summed E-state index contributed by atoms with van der Waals surface area (Å²) in [4.78, 5) is 20.9. The molecule has 0 aliphatic carbocycles. The Balaban J connectivity index is 2.91. The summed E-state index contributed by atoms with van der Waals surface area (Å²) >= 11 is 0. The van der Waals surface area contributed by atoms with Crippen LogP contribution in [-0.4, -0.2) is 17.4 Å². The van der Waals surface area contributed by atoms with Gasteiger partial charge in [0.25, 0.3) is 0 Å². The first-order chi connectivity index (χ1) is 7.13. The van der Waals surface area contributed by atoms with E-state index in [-0.39, 0.29) is 6.42 Å². The number of carboxylic acid groups (broad SMARTS) is 1. The van der Waals surface area contributed by atoms with Gasteiger partial charge in [0.05, 0.1) is 6.42 Å². The van der Waals surface area contributed by atoms with Gasteiger partial charge in [-0.15, -0.1) is 0 Å². The minimum Gasteiger partial charge on any atom is -0.481 e. The Labute approximate surface area is 88.7 Å². The summed E-state index contributed by atoms with van der Waals surface area (Å²) in [5.41, 5.74) is 2.81. The van der Waals surface area contributed by atoms with Crippen LogP contribution >= 0.6 is 0 Å². The van der Waals surface area contributed by atoms with E-state index in [1.165, 1.54) is 0 Å². The Hall–Kier alpha value is -1.64. The largest absolute Gasteiger partial charge is 0.481 e. The van der Waals surface area contributed by atoms with Gasteiger partial charge in [-0.3, -0.25) is 4.79 Å². The summed E-state index contributed by atoms with van der Waals surface area (Å²) in [6.07, 6.45) is 1.93. The molecule has 1 rings (SSSR count). The molecule has 0 aliphatic rings. The number of rotatable bonds is 5. The number of aliphatic carboxylic acids is 1. The van der Waals surface area contributed by atoms with Crippen molar-refractivity contribution in [1.29, 1.82) is 0 Å². The molecule has 0 unspecified atom stereocenters. The van der Waals surface area contributed by atoms with Gasteiger partial charge in [-0.25, -0.2) is 0 Å². The molecule has 1 aromatic carbocycles. The first-order valence-electron chi connectivity index (χ1n) is 4.87. The molecule has 1 aromatic rings. The first-order valence-corrected chi connectivity index (χ1v) is 4.87. The van der Waals surface area contributed by atoms with Gasteiger partial charge in [-0.2, -0.15) is 0 Å². The van der Waals surface area contributed by atoms with Crippen LogP contribution in [0.1, 0.15) is 23.1 Å². The number of carboxylic acids is 1. The summed E-state index contributed by atoms with van der Waals surface area (Å²) in [5.74, 6) is -0.840. The molecule has 15 heavy (non-hydrogen) atoms. The zero-order valence-corrected chi connectivity index (χ0v) is 8.69. The number of benzene rings is 1. The number of aryl methyl sites for hydroxylation is 2. The van der Waals surface area contributed by atoms with Gasteiger partial charge in [0.1, 0.15) is 6.29 Å². The number of hydrogen-bond donors (Lipinski definition) is 1. The van der Waals surface area contributed by atoms with Crippen LogP contribution in [0, 0.1) is 6.92 Å². The summed E-state index contributed by atoms with van der Waals surface area (Å²) < 4.78 is 0. The Morgan fingerprint density at radius 2 is 2.13 bits per heavy atom. The van der Waals surface area contributed by atoms with Gasteiger partial charge in [0.15, 0.2) is 0 Å². The predicted molar refractivity (Wildman–Crippen MR) is 56.9 cm³/mol. The van der Waals surface area contributed by atoms with Crippen LogP contribution < -0.4 is 0 Å². The highest BCUT2D eigenvalue weighted by atomic mass is 16.4. The third-order valence-electron chi connectivity index (χ3n) is 2.23. The minimum absolute atomic E-state index is 0.0237. The van der Waals surface area contributed by atoms with Crippen molar-refractivity contribution in [3.8, 4) is 0 Å². The normalized spacial score (nSPS) is 9.93. The van der Waals surface area contributed by atoms with Crippen molar-refractivity contribution in [3.05, 3.63) is 34.9 Å². The molecule has 0 fully saturated rings. The molecule has 0 aromatic heterocycles. The van der Waals surface area contributed by atoms with Crippen molar-refractivity contribution in [2.75, 3.05) is 0 Å². The fraction of sp³-hybridized carbons (Fsp3) is 0.333. The summed E-state index contributed by atoms with van der Waals surface area (Å²) in [7, 11) is 0. The van der Waals surface area contributed by atoms with E-state index in [0.29, 0.717) is 12.8 Å². The lowest BCUT2D eigenvalue weighted by molar-refractivity contribution is -0.136. The summed E-state index contributed by atoms with van der Waals surface area (Å²) in [6, 6.07) is 5.71. The second-order valence-electron chi connectivity index (χ2n) is 3.55. The molecule has 0 amide bonds. The van der Waals surface area contributed by atoms with Crippen LogP contribution in [0.2, 0.25) is 0 Å². The minimum atomic E-state index is -0.840. The lowest BCUT2D eigenvalue weighted by atomic mass is 9.98. The van der Waals surface area contributed by atoms with Crippen molar-refractivity contribution < 1.29 is 14.7 Å². The van der Waals surface area contributed by atoms with E-state index < -0.39 is 5.97 Å². The smallest absolute Gasteiger partial charge is 0.307 e. The SMILES string of the molecule is Cc1ccc(CCC=O)c(CC(=O)O)c1. The van der Waals surface area contributed by atoms with Crippen LogP contribution in [0.3, 0.4) is 0 Å². The van der Waals surface area contributed by atoms with Crippen LogP contribution in [0.5, 0.6) is 0 Å². The lowest BCUT2D eigenvalue weighted by Gasteiger charge is -2.07. The molecule has 0 spiro atoms. The van der Waals surface area contributed by atoms with E-state index in [1.807, 2.05) is 25.1 Å². The standard InChI is InChI=1S/C12H14O3/c1-9-4-5-10(3-2-6-13)11(7-9)8-12(14)15/h4-7H,2-3,8H2,1H3,(H,14,15). The van der Waals surface area contributed by atoms with Gasteiger partial charge < -0.3 is 9.90 Å². The van der Waals surface area contributed by atoms with E-state index in [9.17, 15) is 9.59 Å². The number of aldehydes is 1. The zero-order valence-electron chi connectivity index (χ0n) is 8.69. The molecule has 3 nitrogen and oxygen atoms in total. The molecule has 0 bridgehead atoms. The average Bonchev–Trinajstić information content (AvgIpc) is 2.16. The van der Waals surface area contributed by atoms with E-state index >= 15 is 0 Å². The molecule has 1 N–H and O–H groups in total. The molecule has 0 radical (unpaired) electrons. The summed E-state index contributed by atoms with van der Waals surface area (Å²) in [6.45, 7) is 1.93. The molecule has 0 atom stereocenters. The fourth-order valence-electron chi connectivity index (χ4n) is 1.54. The molecule has 0 aliphatic heterocycles. The molecule has 0 heterocycles. The lowest BCUT2D eigenvalue weighted by Crippen LogP contribution is -2.04. The van der Waals surface area contributed by atoms with E-state index in [4.69, 9.17) is 5.11 Å². The highest BCUT2D eigenvalue weighted by molar-refractivity contribution is 5.71. The fourth-order valence-corrected chi connectivity index (χ4v) is 1.54. The second-order valence-corrected chi connectivity index (χ2v) is 3.55. The van der Waals surface area contributed by atoms with Gasteiger partial charge in [-0.1, -0.05) is 23.8 Å². The molecule has 3 heteroatoms. The van der Waals surface area contributed by atoms with E-state index in [2.05, 4.69) is 0 Å². The Bertz CT molecular complexity index is 369.